The zero-order chi connectivity index (χ0) is 24.2. The number of ether oxygens (including phenoxy) is 2. The predicted molar refractivity (Wildman–Crippen MR) is 122 cm³/mol. The third kappa shape index (κ3) is 4.60. The molecule has 1 aliphatic rings. The van der Waals surface area contributed by atoms with Crippen molar-refractivity contribution in [1.82, 2.24) is 5.32 Å². The largest absolute Gasteiger partial charge is 0.494 e. The molecular formula is C26H25F2NO5. The van der Waals surface area contributed by atoms with Gasteiger partial charge in [0.15, 0.2) is 11.6 Å². The average molecular weight is 469 g/mol. The number of nitrogens with one attached hydrogen (secondary N) is 1. The fraction of sp³-hybridized carbons (Fsp3) is 0.269. The molecule has 0 heterocycles. The number of fused-ring (bicyclic) bond motifs is 3. The molecule has 4 rings (SSSR count). The first-order valence-electron chi connectivity index (χ1n) is 10.9. The lowest BCUT2D eigenvalue weighted by molar-refractivity contribution is 0.0112. The Hall–Kier alpha value is -3.49. The van der Waals surface area contributed by atoms with E-state index in [0.717, 1.165) is 28.3 Å². The molecule has 178 valence electrons. The molecule has 0 spiro atoms. The lowest BCUT2D eigenvalue weighted by Crippen LogP contribution is -2.31. The molecule has 6 nitrogen and oxygen atoms in total. The van der Waals surface area contributed by atoms with E-state index in [1.54, 1.807) is 0 Å². The van der Waals surface area contributed by atoms with Gasteiger partial charge >= 0.3 is 6.09 Å². The number of aliphatic hydroxyl groups excluding tert-OH is 2. The van der Waals surface area contributed by atoms with Crippen molar-refractivity contribution in [2.24, 2.45) is 0 Å². The van der Waals surface area contributed by atoms with Crippen LogP contribution in [0.25, 0.3) is 11.1 Å². The lowest BCUT2D eigenvalue weighted by atomic mass is 9.98. The first-order chi connectivity index (χ1) is 16.4. The highest BCUT2D eigenvalue weighted by Gasteiger charge is 2.29. The Morgan fingerprint density at radius 1 is 0.971 bits per heavy atom. The normalized spacial score (nSPS) is 14.1. The Bertz CT molecular complexity index is 1140. The maximum absolute atomic E-state index is 14.2. The second-order valence-electron chi connectivity index (χ2n) is 8.04. The number of methoxy groups -OCH3 is 1. The van der Waals surface area contributed by atoms with Gasteiger partial charge in [-0.15, -0.1) is 0 Å². The van der Waals surface area contributed by atoms with Gasteiger partial charge in [0, 0.05) is 18.0 Å². The molecule has 3 N–H and O–H groups in total. The van der Waals surface area contributed by atoms with Crippen LogP contribution in [0.1, 0.15) is 35.1 Å². The van der Waals surface area contributed by atoms with Crippen LogP contribution < -0.4 is 10.1 Å². The molecule has 1 amide bonds. The molecule has 2 atom stereocenters. The standard InChI is InChI=1S/C26H25F2NO5/c1-33-22-11-10-19(23(27)24(22)28)25(31)21(30)12-13-29-26(32)34-14-20-17-8-4-2-6-15(17)16-7-3-5-9-18(16)20/h2-11,20-21,25,30-31H,12-14H2,1H3,(H,29,32). The Balaban J connectivity index is 1.29. The van der Waals surface area contributed by atoms with Crippen molar-refractivity contribution in [1.29, 1.82) is 0 Å². The minimum absolute atomic E-state index is 0.0326. The minimum Gasteiger partial charge on any atom is -0.494 e. The molecule has 0 saturated carbocycles. The van der Waals surface area contributed by atoms with E-state index in [0.29, 0.717) is 0 Å². The summed E-state index contributed by atoms with van der Waals surface area (Å²) in [4.78, 5) is 12.2. The molecular weight excluding hydrogens is 444 g/mol. The van der Waals surface area contributed by atoms with Crippen LogP contribution in [0.2, 0.25) is 0 Å². The van der Waals surface area contributed by atoms with Crippen molar-refractivity contribution < 1.29 is 33.3 Å². The molecule has 0 fully saturated rings. The summed E-state index contributed by atoms with van der Waals surface area (Å²) in [6.45, 7) is 0.108. The van der Waals surface area contributed by atoms with Gasteiger partial charge in [-0.2, -0.15) is 4.39 Å². The van der Waals surface area contributed by atoms with E-state index in [-0.39, 0.29) is 31.2 Å². The summed E-state index contributed by atoms with van der Waals surface area (Å²) in [5.74, 6) is -2.93. The third-order valence-electron chi connectivity index (χ3n) is 6.03. The SMILES string of the molecule is COc1ccc(C(O)C(O)CCNC(=O)OCC2c3ccccc3-c3ccccc32)c(F)c1F. The van der Waals surface area contributed by atoms with E-state index < -0.39 is 35.5 Å². The van der Waals surface area contributed by atoms with Crippen LogP contribution in [0.5, 0.6) is 5.75 Å². The number of benzene rings is 3. The van der Waals surface area contributed by atoms with Gasteiger partial charge in [0.2, 0.25) is 5.82 Å². The van der Waals surface area contributed by atoms with Crippen molar-refractivity contribution in [3.05, 3.63) is 89.0 Å². The van der Waals surface area contributed by atoms with E-state index >= 15 is 0 Å². The van der Waals surface area contributed by atoms with Crippen LogP contribution in [0, 0.1) is 11.6 Å². The van der Waals surface area contributed by atoms with E-state index in [4.69, 9.17) is 9.47 Å². The Morgan fingerprint density at radius 2 is 1.59 bits per heavy atom. The highest BCUT2D eigenvalue weighted by atomic mass is 19.2. The smallest absolute Gasteiger partial charge is 0.407 e. The zero-order valence-electron chi connectivity index (χ0n) is 18.5. The number of rotatable bonds is 8. The number of carbonyl (C=O) groups excluding carboxylic acids is 1. The van der Waals surface area contributed by atoms with E-state index in [9.17, 15) is 23.8 Å². The van der Waals surface area contributed by atoms with Crippen LogP contribution in [-0.2, 0) is 4.74 Å². The topological polar surface area (TPSA) is 88.0 Å². The average Bonchev–Trinajstić information content (AvgIpc) is 3.17. The van der Waals surface area contributed by atoms with Crippen LogP contribution in [0.3, 0.4) is 0 Å². The maximum Gasteiger partial charge on any atom is 0.407 e. The number of aliphatic hydroxyl groups is 2. The summed E-state index contributed by atoms with van der Waals surface area (Å²) >= 11 is 0. The van der Waals surface area contributed by atoms with Crippen molar-refractivity contribution >= 4 is 6.09 Å². The number of amides is 1. The molecule has 1 aliphatic carbocycles. The second-order valence-corrected chi connectivity index (χ2v) is 8.04. The Kier molecular flexibility index (Phi) is 7.09. The van der Waals surface area contributed by atoms with E-state index in [2.05, 4.69) is 5.32 Å². The van der Waals surface area contributed by atoms with Crippen LogP contribution in [-0.4, -0.2) is 42.7 Å². The lowest BCUT2D eigenvalue weighted by Gasteiger charge is -2.20. The first kappa shape index (κ1) is 23.7. The molecule has 0 aromatic heterocycles. The summed E-state index contributed by atoms with van der Waals surface area (Å²) < 4.78 is 38.1. The minimum atomic E-state index is -1.68. The quantitative estimate of drug-likeness (QED) is 0.458. The van der Waals surface area contributed by atoms with Gasteiger partial charge in [-0.3, -0.25) is 0 Å². The Labute approximate surface area is 195 Å². The van der Waals surface area contributed by atoms with E-state index in [1.807, 2.05) is 48.5 Å². The summed E-state index contributed by atoms with van der Waals surface area (Å²) in [5, 5.41) is 22.9. The fourth-order valence-corrected chi connectivity index (χ4v) is 4.27. The van der Waals surface area contributed by atoms with Crippen molar-refractivity contribution in [2.45, 2.75) is 24.5 Å². The summed E-state index contributed by atoms with van der Waals surface area (Å²) in [6, 6.07) is 18.2. The molecule has 0 aliphatic heterocycles. The first-order valence-corrected chi connectivity index (χ1v) is 10.9. The molecule has 34 heavy (non-hydrogen) atoms. The number of hydrogen-bond donors (Lipinski definition) is 3. The van der Waals surface area contributed by atoms with Crippen LogP contribution in [0.15, 0.2) is 60.7 Å². The zero-order valence-corrected chi connectivity index (χ0v) is 18.5. The monoisotopic (exact) mass is 469 g/mol. The Morgan fingerprint density at radius 3 is 2.21 bits per heavy atom. The van der Waals surface area contributed by atoms with E-state index in [1.165, 1.54) is 13.2 Å². The number of hydrogen-bond acceptors (Lipinski definition) is 5. The predicted octanol–water partition coefficient (Wildman–Crippen LogP) is 4.30. The molecule has 0 saturated heterocycles. The van der Waals surface area contributed by atoms with Gasteiger partial charge < -0.3 is 25.0 Å². The van der Waals surface area contributed by atoms with Gasteiger partial charge in [0.05, 0.1) is 13.2 Å². The highest BCUT2D eigenvalue weighted by molar-refractivity contribution is 5.79. The number of alkyl carbamates (subject to hydrolysis) is 1. The van der Waals surface area contributed by atoms with Gasteiger partial charge in [0.1, 0.15) is 12.7 Å². The van der Waals surface area contributed by atoms with Crippen LogP contribution >= 0.6 is 0 Å². The van der Waals surface area contributed by atoms with Gasteiger partial charge in [-0.25, -0.2) is 9.18 Å². The van der Waals surface area contributed by atoms with Gasteiger partial charge in [-0.1, -0.05) is 48.5 Å². The van der Waals surface area contributed by atoms with Crippen LogP contribution in [0.4, 0.5) is 13.6 Å². The second kappa shape index (κ2) is 10.2. The molecule has 3 aromatic rings. The summed E-state index contributed by atoms with van der Waals surface area (Å²) in [7, 11) is 1.19. The number of carbonyl (C=O) groups is 1. The molecule has 3 aromatic carbocycles. The molecule has 0 radical (unpaired) electrons. The van der Waals surface area contributed by atoms with Gasteiger partial charge in [-0.05, 0) is 40.8 Å². The van der Waals surface area contributed by atoms with Crippen molar-refractivity contribution in [2.75, 3.05) is 20.3 Å². The summed E-state index contributed by atoms with van der Waals surface area (Å²) in [5.41, 5.74) is 4.01. The fourth-order valence-electron chi connectivity index (χ4n) is 4.27. The molecule has 0 bridgehead atoms. The third-order valence-corrected chi connectivity index (χ3v) is 6.03. The molecule has 2 unspecified atom stereocenters. The summed E-state index contributed by atoms with van der Waals surface area (Å²) in [6.07, 6.45) is -3.88. The van der Waals surface area contributed by atoms with Crippen molar-refractivity contribution in [3.8, 4) is 16.9 Å². The molecule has 8 heteroatoms. The highest BCUT2D eigenvalue weighted by Crippen LogP contribution is 2.44. The number of halogens is 2. The maximum atomic E-state index is 14.2. The van der Waals surface area contributed by atoms with Crippen molar-refractivity contribution in [3.63, 3.8) is 0 Å². The van der Waals surface area contributed by atoms with Gasteiger partial charge in [0.25, 0.3) is 0 Å².